The number of anilines is 2. The van der Waals surface area contributed by atoms with E-state index in [-0.39, 0.29) is 41.2 Å². The maximum Gasteiger partial charge on any atom is 0.255 e. The van der Waals surface area contributed by atoms with E-state index in [9.17, 15) is 39.6 Å². The van der Waals surface area contributed by atoms with Crippen molar-refractivity contribution in [3.05, 3.63) is 57.6 Å². The fourth-order valence-corrected chi connectivity index (χ4v) is 7.15. The second-order valence-electron chi connectivity index (χ2n) is 11.5. The normalized spacial score (nSPS) is 25.0. The molecular weight excluding hydrogens is 582 g/mol. The topological polar surface area (TPSA) is 199 Å². The van der Waals surface area contributed by atoms with Crippen molar-refractivity contribution in [2.24, 2.45) is 17.6 Å². The zero-order valence-corrected chi connectivity index (χ0v) is 24.6. The molecule has 7 N–H and O–H groups in total. The van der Waals surface area contributed by atoms with Crippen molar-refractivity contribution in [1.82, 2.24) is 9.47 Å². The van der Waals surface area contributed by atoms with Crippen LogP contribution in [0.25, 0.3) is 5.76 Å². The number of amides is 2. The Bertz CT molecular complexity index is 1640. The molecule has 1 fully saturated rings. The molecule has 0 aliphatic heterocycles. The van der Waals surface area contributed by atoms with Crippen LogP contribution in [0.5, 0.6) is 5.75 Å². The number of benzene rings is 1. The number of halogens is 1. The van der Waals surface area contributed by atoms with Crippen LogP contribution >= 0.6 is 11.6 Å². The lowest BCUT2D eigenvalue weighted by Crippen LogP contribution is -2.65. The Morgan fingerprint density at radius 1 is 1.14 bits per heavy atom. The third-order valence-electron chi connectivity index (χ3n) is 8.51. The van der Waals surface area contributed by atoms with Gasteiger partial charge in [-0.25, -0.2) is 0 Å². The summed E-state index contributed by atoms with van der Waals surface area (Å²) in [5.74, 6) is -8.24. The largest absolute Gasteiger partial charge is 0.508 e. The molecule has 5 rings (SSSR count). The number of nitrogens with zero attached hydrogens (tertiary/aromatic N) is 3. The number of carbonyl (C=O) groups excluding carboxylic acids is 4. The van der Waals surface area contributed by atoms with Crippen LogP contribution in [-0.4, -0.2) is 93.1 Å². The second kappa shape index (κ2) is 10.4. The summed E-state index contributed by atoms with van der Waals surface area (Å²) in [6.45, 7) is -0.0984. The van der Waals surface area contributed by atoms with Crippen molar-refractivity contribution in [3.8, 4) is 5.75 Å². The van der Waals surface area contributed by atoms with Crippen LogP contribution in [0, 0.1) is 11.8 Å². The highest BCUT2D eigenvalue weighted by Gasteiger charge is 2.64. The molecule has 1 saturated carbocycles. The van der Waals surface area contributed by atoms with Gasteiger partial charge in [-0.05, 0) is 50.6 Å². The smallest absolute Gasteiger partial charge is 0.255 e. The zero-order valence-electron chi connectivity index (χ0n) is 23.9. The van der Waals surface area contributed by atoms with Gasteiger partial charge in [-0.15, -0.1) is 0 Å². The minimum Gasteiger partial charge on any atom is -0.508 e. The molecule has 43 heavy (non-hydrogen) atoms. The van der Waals surface area contributed by atoms with E-state index in [1.807, 2.05) is 0 Å². The number of fused-ring (bicyclic) bond motifs is 3. The van der Waals surface area contributed by atoms with Crippen molar-refractivity contribution in [1.29, 1.82) is 0 Å². The summed E-state index contributed by atoms with van der Waals surface area (Å²) in [5.41, 5.74) is 1.79. The number of likely N-dealkylation sites (N-methyl/N-ethyl adjacent to an activating group) is 1. The highest BCUT2D eigenvalue weighted by molar-refractivity contribution is 6.37. The second-order valence-corrected chi connectivity index (χ2v) is 11.9. The minimum atomic E-state index is -2.76. The standard InChI is InChI=1S/C29H32ClN5O8/c1-33(2)21-13-9-12-10-14-22(34(3)4)25(39)18(28(31)42)27(41)29(14,43)26(40)16(12)23(37)17(13)24(38)20(19(21)30)32-15(36)11-35-7-5-6-8-35/h5-8,12,14,22,37-38,41,43H,9-11H2,1-4H3,(H2,31,42)(H,32,36)/t12?,14?,22-,29-/m0/s1. The number of aliphatic hydroxyl groups is 3. The maximum absolute atomic E-state index is 14.1. The van der Waals surface area contributed by atoms with E-state index in [2.05, 4.69) is 5.32 Å². The summed E-state index contributed by atoms with van der Waals surface area (Å²) < 4.78 is 1.60. The Balaban J connectivity index is 1.70. The molecule has 2 aromatic rings. The number of hydrogen-bond acceptors (Lipinski definition) is 10. The Labute approximate surface area is 251 Å². The summed E-state index contributed by atoms with van der Waals surface area (Å²) in [4.78, 5) is 55.5. The monoisotopic (exact) mass is 613 g/mol. The summed E-state index contributed by atoms with van der Waals surface area (Å²) in [6.07, 6.45) is 3.34. The van der Waals surface area contributed by atoms with Gasteiger partial charge in [0, 0.05) is 38.0 Å². The van der Waals surface area contributed by atoms with E-state index in [0.29, 0.717) is 11.3 Å². The van der Waals surface area contributed by atoms with Crippen LogP contribution in [0.4, 0.5) is 11.4 Å². The summed E-state index contributed by atoms with van der Waals surface area (Å²) in [6, 6.07) is 2.29. The third kappa shape index (κ3) is 4.37. The number of aromatic hydroxyl groups is 1. The fraction of sp³-hybridized carbons (Fsp3) is 0.379. The van der Waals surface area contributed by atoms with Gasteiger partial charge in [-0.1, -0.05) is 11.6 Å². The molecule has 1 aromatic carbocycles. The molecule has 0 spiro atoms. The minimum absolute atomic E-state index is 0.00249. The molecule has 14 heteroatoms. The van der Waals surface area contributed by atoms with E-state index in [4.69, 9.17) is 17.3 Å². The van der Waals surface area contributed by atoms with Crippen LogP contribution in [0.3, 0.4) is 0 Å². The lowest BCUT2D eigenvalue weighted by Gasteiger charge is -2.50. The first-order chi connectivity index (χ1) is 20.1. The van der Waals surface area contributed by atoms with Gasteiger partial charge < -0.3 is 40.9 Å². The highest BCUT2D eigenvalue weighted by Crippen LogP contribution is 2.56. The van der Waals surface area contributed by atoms with Crippen molar-refractivity contribution in [2.45, 2.75) is 31.0 Å². The molecule has 0 bridgehead atoms. The number of carbonyl (C=O) groups is 4. The fourth-order valence-electron chi connectivity index (χ4n) is 6.73. The zero-order chi connectivity index (χ0) is 31.7. The molecule has 0 radical (unpaired) electrons. The molecule has 1 heterocycles. The van der Waals surface area contributed by atoms with Crippen molar-refractivity contribution < 1.29 is 39.6 Å². The number of hydrogen-bond donors (Lipinski definition) is 6. The third-order valence-corrected chi connectivity index (χ3v) is 8.87. The van der Waals surface area contributed by atoms with Crippen molar-refractivity contribution in [2.75, 3.05) is 38.4 Å². The molecule has 2 unspecified atom stereocenters. The first-order valence-corrected chi connectivity index (χ1v) is 13.8. The molecule has 3 aliphatic carbocycles. The molecule has 228 valence electrons. The number of aromatic nitrogens is 1. The van der Waals surface area contributed by atoms with Crippen LogP contribution < -0.4 is 16.0 Å². The molecular formula is C29H32ClN5O8. The SMILES string of the molecule is CN(C)c1c(Cl)c(NC(=O)Cn2cccc2)c(O)c2c1CC1CC3[C@H](N(C)C)C(=O)C(C(N)=O)=C(O)[C@@]3(O)C(=O)C1=C2O. The summed E-state index contributed by atoms with van der Waals surface area (Å²) >= 11 is 6.74. The number of Topliss-reactive ketones (excluding diaryl/α,β-unsaturated/α-hetero) is 2. The number of aliphatic hydroxyl groups excluding tert-OH is 2. The lowest BCUT2D eigenvalue weighted by molar-refractivity contribution is -0.153. The first-order valence-electron chi connectivity index (χ1n) is 13.4. The Morgan fingerprint density at radius 3 is 2.33 bits per heavy atom. The van der Waals surface area contributed by atoms with Crippen molar-refractivity contribution >= 4 is 52.1 Å². The number of nitrogens with two attached hydrogens (primary N) is 1. The van der Waals surface area contributed by atoms with E-state index in [0.717, 1.165) is 0 Å². The van der Waals surface area contributed by atoms with Gasteiger partial charge in [0.15, 0.2) is 17.1 Å². The van der Waals surface area contributed by atoms with E-state index >= 15 is 0 Å². The van der Waals surface area contributed by atoms with Gasteiger partial charge in [-0.3, -0.25) is 24.1 Å². The molecule has 2 amide bonds. The average molecular weight is 614 g/mol. The number of phenolic OH excluding ortho intramolecular Hbond substituents is 1. The number of primary amides is 1. The Kier molecular flexibility index (Phi) is 7.31. The quantitative estimate of drug-likeness (QED) is 0.203. The van der Waals surface area contributed by atoms with E-state index < -0.39 is 69.7 Å². The van der Waals surface area contributed by atoms with Crippen LogP contribution in [-0.2, 0) is 32.1 Å². The molecule has 13 nitrogen and oxygen atoms in total. The predicted octanol–water partition coefficient (Wildman–Crippen LogP) is 1.12. The highest BCUT2D eigenvalue weighted by atomic mass is 35.5. The van der Waals surface area contributed by atoms with Gasteiger partial charge in [-0.2, -0.15) is 0 Å². The van der Waals surface area contributed by atoms with Crippen LogP contribution in [0.1, 0.15) is 17.5 Å². The molecule has 4 atom stereocenters. The van der Waals surface area contributed by atoms with Crippen LogP contribution in [0.2, 0.25) is 5.02 Å². The Morgan fingerprint density at radius 2 is 1.77 bits per heavy atom. The average Bonchev–Trinajstić information content (AvgIpc) is 3.41. The number of ketones is 2. The number of nitrogens with one attached hydrogen (secondary N) is 1. The summed E-state index contributed by atoms with van der Waals surface area (Å²) in [5, 5.41) is 48.4. The van der Waals surface area contributed by atoms with Crippen LogP contribution in [0.15, 0.2) is 41.4 Å². The van der Waals surface area contributed by atoms with Gasteiger partial charge >= 0.3 is 0 Å². The van der Waals surface area contributed by atoms with Gasteiger partial charge in [0.2, 0.25) is 11.7 Å². The predicted molar refractivity (Wildman–Crippen MR) is 157 cm³/mol. The first kappa shape index (κ1) is 30.1. The Hall–Kier alpha value is -4.33. The maximum atomic E-state index is 14.1. The van der Waals surface area contributed by atoms with Gasteiger partial charge in [0.25, 0.3) is 5.91 Å². The molecule has 0 saturated heterocycles. The van der Waals surface area contributed by atoms with E-state index in [1.165, 1.54) is 19.0 Å². The van der Waals surface area contributed by atoms with Gasteiger partial charge in [0.1, 0.15) is 29.3 Å². The van der Waals surface area contributed by atoms with Gasteiger partial charge in [0.05, 0.1) is 22.3 Å². The number of phenols is 1. The molecule has 1 aromatic heterocycles. The van der Waals surface area contributed by atoms with E-state index in [1.54, 1.807) is 48.1 Å². The van der Waals surface area contributed by atoms with Crippen molar-refractivity contribution in [3.63, 3.8) is 0 Å². The molecule has 3 aliphatic rings. The number of rotatable bonds is 6. The lowest BCUT2D eigenvalue weighted by atomic mass is 9.57. The summed E-state index contributed by atoms with van der Waals surface area (Å²) in [7, 11) is 6.42.